The molecule has 0 fully saturated rings. The highest BCUT2D eigenvalue weighted by Gasteiger charge is 2.33. The Morgan fingerprint density at radius 1 is 0.694 bits per heavy atom. The number of hydrogen-bond acceptors (Lipinski definition) is 10. The van der Waals surface area contributed by atoms with Crippen LogP contribution in [0, 0.1) is 0 Å². The van der Waals surface area contributed by atoms with Gasteiger partial charge in [-0.25, -0.2) is 14.0 Å². The largest absolute Gasteiger partial charge is 0.457 e. The van der Waals surface area contributed by atoms with Gasteiger partial charge in [-0.2, -0.15) is 18.2 Å². The van der Waals surface area contributed by atoms with Gasteiger partial charge < -0.3 is 36.5 Å². The molecule has 0 aliphatic rings. The summed E-state index contributed by atoms with van der Waals surface area (Å²) in [5.74, 6) is 1.60. The molecule has 4 amide bonds. The molecule has 4 aromatic carbocycles. The van der Waals surface area contributed by atoms with E-state index in [1.807, 2.05) is 0 Å². The second kappa shape index (κ2) is 22.7. The molecule has 62 heavy (non-hydrogen) atoms. The zero-order valence-electron chi connectivity index (χ0n) is 32.4. The minimum Gasteiger partial charge on any atom is -0.457 e. The van der Waals surface area contributed by atoms with Crippen LogP contribution in [-0.2, 0) is 17.6 Å². The number of benzene rings is 4. The number of urea groups is 1. The van der Waals surface area contributed by atoms with Crippen LogP contribution in [0.3, 0.4) is 0 Å². The minimum atomic E-state index is -4.55. The fourth-order valence-electron chi connectivity index (χ4n) is 4.77. The number of nitrogens with zero attached hydrogens (tertiary/aromatic N) is 3. The number of isocyanates is 1. The summed E-state index contributed by atoms with van der Waals surface area (Å²) < 4.78 is 60.9. The molecule has 20 heteroatoms. The average Bonchev–Trinajstić information content (AvgIpc) is 3.26. The van der Waals surface area contributed by atoms with E-state index in [0.717, 1.165) is 12.1 Å². The molecule has 6 N–H and O–H groups in total. The summed E-state index contributed by atoms with van der Waals surface area (Å²) in [6, 6.07) is 27.1. The number of nitrogens with one attached hydrogen (secondary N) is 4. The highest BCUT2D eigenvalue weighted by Crippen LogP contribution is 2.36. The Hall–Kier alpha value is -7.53. The third kappa shape index (κ3) is 14.6. The van der Waals surface area contributed by atoms with E-state index in [9.17, 15) is 36.7 Å². The minimum absolute atomic E-state index is 0.128. The molecule has 320 valence electrons. The van der Waals surface area contributed by atoms with Gasteiger partial charge in [-0.1, -0.05) is 23.2 Å². The number of alkyl halides is 4. The fraction of sp³-hybridized carbons (Fsp3) is 0.0952. The van der Waals surface area contributed by atoms with E-state index in [1.54, 1.807) is 79.8 Å². The van der Waals surface area contributed by atoms with Crippen LogP contribution in [0.2, 0.25) is 10.0 Å². The SMILES string of the molecule is CNC(=O)c1cc(Oc2ccc(N)cc2)ccn1.CNC(=O)c1cc(Oc2ccc(NC(=O)Nc3ccc(Cl)c(CF)c3)cc2)ccn1.O=C=Nc1ccc(Cl)c(C(F)(F)F)c1. The zero-order chi connectivity index (χ0) is 45.2. The molecular formula is C42H34Cl2F4N8O6. The first-order chi connectivity index (χ1) is 29.6. The van der Waals surface area contributed by atoms with Crippen molar-refractivity contribution in [1.29, 1.82) is 0 Å². The molecule has 0 radical (unpaired) electrons. The number of nitrogens with two attached hydrogens (primary N) is 1. The molecule has 0 aliphatic carbocycles. The van der Waals surface area contributed by atoms with Gasteiger partial charge in [0.2, 0.25) is 6.08 Å². The van der Waals surface area contributed by atoms with Crippen LogP contribution in [0.25, 0.3) is 0 Å². The molecule has 14 nitrogen and oxygen atoms in total. The summed E-state index contributed by atoms with van der Waals surface area (Å²) in [4.78, 5) is 56.0. The molecule has 6 aromatic rings. The Labute approximate surface area is 361 Å². The number of nitrogen functional groups attached to an aromatic ring is 1. The number of rotatable bonds is 10. The second-order valence-electron chi connectivity index (χ2n) is 12.1. The van der Waals surface area contributed by atoms with Crippen molar-refractivity contribution < 1.29 is 46.2 Å². The lowest BCUT2D eigenvalue weighted by atomic mass is 10.2. The molecule has 6 rings (SSSR count). The summed E-state index contributed by atoms with van der Waals surface area (Å²) in [6.07, 6.45) is -0.401. The summed E-state index contributed by atoms with van der Waals surface area (Å²) in [6.45, 7) is -0.723. The topological polar surface area (TPSA) is 199 Å². The first kappa shape index (κ1) is 47.2. The second-order valence-corrected chi connectivity index (χ2v) is 12.9. The predicted molar refractivity (Wildman–Crippen MR) is 226 cm³/mol. The lowest BCUT2D eigenvalue weighted by molar-refractivity contribution is -0.137. The van der Waals surface area contributed by atoms with E-state index in [1.165, 1.54) is 43.7 Å². The van der Waals surface area contributed by atoms with Gasteiger partial charge >= 0.3 is 12.2 Å². The number of amides is 4. The van der Waals surface area contributed by atoms with Gasteiger partial charge in [0, 0.05) is 66.3 Å². The number of carbonyl (C=O) groups is 3. The lowest BCUT2D eigenvalue weighted by Crippen LogP contribution is -2.19. The van der Waals surface area contributed by atoms with Gasteiger partial charge in [0.1, 0.15) is 41.1 Å². The number of ether oxygens (including phenoxy) is 2. The van der Waals surface area contributed by atoms with Crippen molar-refractivity contribution in [1.82, 2.24) is 20.6 Å². The number of anilines is 3. The molecule has 0 unspecified atom stereocenters. The van der Waals surface area contributed by atoms with Crippen LogP contribution in [0.15, 0.2) is 127 Å². The summed E-state index contributed by atoms with van der Waals surface area (Å²) >= 11 is 11.2. The third-order valence-electron chi connectivity index (χ3n) is 7.72. The molecule has 0 saturated carbocycles. The summed E-state index contributed by atoms with van der Waals surface area (Å²) in [7, 11) is 3.07. The van der Waals surface area contributed by atoms with Gasteiger partial charge in [-0.05, 0) is 97.1 Å². The van der Waals surface area contributed by atoms with E-state index in [-0.39, 0.29) is 23.2 Å². The Balaban J connectivity index is 0.000000224. The van der Waals surface area contributed by atoms with Crippen LogP contribution in [0.5, 0.6) is 23.0 Å². The summed E-state index contributed by atoms with van der Waals surface area (Å²) in [5, 5.41) is 10.2. The summed E-state index contributed by atoms with van der Waals surface area (Å²) in [5.41, 5.74) is 6.91. The van der Waals surface area contributed by atoms with E-state index in [2.05, 4.69) is 36.2 Å². The van der Waals surface area contributed by atoms with Crippen molar-refractivity contribution in [3.63, 3.8) is 0 Å². The zero-order valence-corrected chi connectivity index (χ0v) is 33.9. The van der Waals surface area contributed by atoms with E-state index in [4.69, 9.17) is 38.4 Å². The van der Waals surface area contributed by atoms with Crippen molar-refractivity contribution in [2.75, 3.05) is 30.5 Å². The van der Waals surface area contributed by atoms with Crippen molar-refractivity contribution >= 4 is 69.9 Å². The van der Waals surface area contributed by atoms with Crippen LogP contribution < -0.4 is 36.5 Å². The predicted octanol–water partition coefficient (Wildman–Crippen LogP) is 10.1. The number of halogens is 6. The van der Waals surface area contributed by atoms with Gasteiger partial charge in [0.15, 0.2) is 0 Å². The molecule has 2 heterocycles. The average molecular weight is 894 g/mol. The van der Waals surface area contributed by atoms with Crippen molar-refractivity contribution in [3.8, 4) is 23.0 Å². The maximum Gasteiger partial charge on any atom is 0.417 e. The van der Waals surface area contributed by atoms with Crippen LogP contribution in [0.4, 0.5) is 45.1 Å². The molecule has 0 atom stereocenters. The number of carbonyl (C=O) groups excluding carboxylic acids is 4. The molecule has 0 spiro atoms. The number of pyridine rings is 2. The molecule has 2 aromatic heterocycles. The number of hydrogen-bond donors (Lipinski definition) is 5. The lowest BCUT2D eigenvalue weighted by Gasteiger charge is -2.10. The molecular weight excluding hydrogens is 859 g/mol. The van der Waals surface area contributed by atoms with Gasteiger partial charge in [-0.3, -0.25) is 19.6 Å². The number of aliphatic imine (C=N–C) groups is 1. The van der Waals surface area contributed by atoms with Gasteiger partial charge in [0.05, 0.1) is 16.3 Å². The van der Waals surface area contributed by atoms with Crippen LogP contribution in [-0.4, -0.2) is 48.0 Å². The quantitative estimate of drug-likeness (QED) is 0.0384. The Bertz CT molecular complexity index is 2540. The highest BCUT2D eigenvalue weighted by atomic mass is 35.5. The first-order valence-electron chi connectivity index (χ1n) is 17.7. The maximum atomic E-state index is 12.9. The van der Waals surface area contributed by atoms with Crippen LogP contribution in [0.1, 0.15) is 32.1 Å². The van der Waals surface area contributed by atoms with E-state index in [0.29, 0.717) is 62.4 Å². The fourth-order valence-corrected chi connectivity index (χ4v) is 5.16. The smallest absolute Gasteiger partial charge is 0.417 e. The first-order valence-corrected chi connectivity index (χ1v) is 18.4. The molecule has 0 saturated heterocycles. The molecule has 0 aliphatic heterocycles. The molecule has 0 bridgehead atoms. The standard InChI is InChI=1S/C21H18ClFN4O3.C13H13N3O2.C8H3ClF3NO/c1-24-20(28)19-11-17(8-9-25-19)30-16-5-2-14(3-6-16)26-21(29)27-15-4-7-18(22)13(10-15)12-23;1-15-13(17)12-8-11(6-7-16-12)18-10-4-2-9(14)3-5-10;9-7-2-1-5(13-4-14)3-6(7)8(10,11)12/h2-11H,12H2,1H3,(H,24,28)(H2,26,27,29);2-8H,14H2,1H3,(H,15,17);1-3H. The van der Waals surface area contributed by atoms with Gasteiger partial charge in [-0.15, -0.1) is 0 Å². The van der Waals surface area contributed by atoms with Gasteiger partial charge in [0.25, 0.3) is 11.8 Å². The number of aromatic nitrogens is 2. The Morgan fingerprint density at radius 3 is 1.69 bits per heavy atom. The highest BCUT2D eigenvalue weighted by molar-refractivity contribution is 6.31. The normalized spacial score (nSPS) is 10.3. The van der Waals surface area contributed by atoms with E-state index >= 15 is 0 Å². The Morgan fingerprint density at radius 2 is 1.19 bits per heavy atom. The van der Waals surface area contributed by atoms with E-state index < -0.39 is 29.5 Å². The third-order valence-corrected chi connectivity index (χ3v) is 8.42. The van der Waals surface area contributed by atoms with Crippen molar-refractivity contribution in [2.45, 2.75) is 12.9 Å². The van der Waals surface area contributed by atoms with Crippen molar-refractivity contribution in [3.05, 3.63) is 154 Å². The monoisotopic (exact) mass is 892 g/mol. The Kier molecular flexibility index (Phi) is 17.3. The van der Waals surface area contributed by atoms with Crippen molar-refractivity contribution in [2.24, 2.45) is 4.99 Å². The maximum absolute atomic E-state index is 12.9. The van der Waals surface area contributed by atoms with Crippen LogP contribution >= 0.6 is 23.2 Å².